The van der Waals surface area contributed by atoms with Crippen molar-refractivity contribution in [3.05, 3.63) is 93.9 Å². The summed E-state index contributed by atoms with van der Waals surface area (Å²) in [6, 6.07) is 26.6. The van der Waals surface area contributed by atoms with Gasteiger partial charge in [-0.2, -0.15) is 0 Å². The number of aryl methyl sites for hydroxylation is 2. The minimum Gasteiger partial charge on any atom is -0.238 e. The van der Waals surface area contributed by atoms with Crippen LogP contribution in [0.2, 0.25) is 0 Å². The van der Waals surface area contributed by atoms with Crippen LogP contribution in [0, 0.1) is 24.7 Å². The van der Waals surface area contributed by atoms with E-state index in [1.807, 2.05) is 80.2 Å². The van der Waals surface area contributed by atoms with Crippen LogP contribution in [0.5, 0.6) is 0 Å². The number of thiazole rings is 2. The van der Waals surface area contributed by atoms with Crippen LogP contribution in [0.15, 0.2) is 72.8 Å². The van der Waals surface area contributed by atoms with Crippen molar-refractivity contribution >= 4 is 90.7 Å². The summed E-state index contributed by atoms with van der Waals surface area (Å²) in [6.07, 6.45) is 31.4. The molecule has 0 saturated carbocycles. The molecule has 0 bridgehead atoms. The first kappa shape index (κ1) is 45.2. The molecule has 318 valence electrons. The Bertz CT molecular complexity index is 2550. The number of unbranched alkanes of at least 4 members (excludes halogenated alkanes) is 12. The minimum absolute atomic E-state index is 0.975. The molecule has 0 N–H and O–H groups in total. The number of terminal acetylenes is 2. The first-order chi connectivity index (χ1) is 30.5. The predicted molar refractivity (Wildman–Crippen MR) is 282 cm³/mol. The summed E-state index contributed by atoms with van der Waals surface area (Å²) in [5, 5.41) is 2.12. The molecule has 0 spiro atoms. The van der Waals surface area contributed by atoms with Crippen molar-refractivity contribution < 1.29 is 0 Å². The third-order valence-corrected chi connectivity index (χ3v) is 20.8. The van der Waals surface area contributed by atoms with Gasteiger partial charge in [0, 0.05) is 48.8 Å². The van der Waals surface area contributed by atoms with Crippen molar-refractivity contribution in [1.29, 1.82) is 0 Å². The van der Waals surface area contributed by atoms with Crippen LogP contribution >= 0.6 is 90.7 Å². The number of hydrogen-bond acceptors (Lipinski definition) is 10. The van der Waals surface area contributed by atoms with Crippen LogP contribution in [-0.2, 0) is 12.8 Å². The lowest BCUT2D eigenvalue weighted by Crippen LogP contribution is -1.90. The van der Waals surface area contributed by atoms with Crippen LogP contribution in [0.4, 0.5) is 0 Å². The normalized spacial score (nSPS) is 11.4. The van der Waals surface area contributed by atoms with Crippen LogP contribution in [0.3, 0.4) is 0 Å². The topological polar surface area (TPSA) is 25.8 Å². The maximum absolute atomic E-state index is 5.68. The molecule has 0 radical (unpaired) electrons. The third-order valence-electron chi connectivity index (χ3n) is 11.0. The van der Waals surface area contributed by atoms with Gasteiger partial charge in [0.05, 0.1) is 30.9 Å². The van der Waals surface area contributed by atoms with E-state index in [9.17, 15) is 0 Å². The molecule has 0 aliphatic carbocycles. The number of aromatic nitrogens is 2. The molecule has 8 aromatic heterocycles. The molecule has 8 rings (SSSR count). The molecule has 0 atom stereocenters. The Morgan fingerprint density at radius 3 is 0.984 bits per heavy atom. The molecule has 8 heterocycles. The molecule has 0 saturated heterocycles. The summed E-state index contributed by atoms with van der Waals surface area (Å²) in [5.41, 5.74) is 2.47. The monoisotopic (exact) mass is 960 g/mol. The van der Waals surface area contributed by atoms with Gasteiger partial charge in [-0.05, 0) is 98.5 Å². The molecule has 10 heteroatoms. The molecule has 0 aliphatic heterocycles. The first-order valence-electron chi connectivity index (χ1n) is 22.1. The summed E-state index contributed by atoms with van der Waals surface area (Å²) in [7, 11) is 0. The van der Waals surface area contributed by atoms with E-state index in [0.29, 0.717) is 0 Å². The minimum atomic E-state index is 0.975. The number of rotatable bonds is 23. The van der Waals surface area contributed by atoms with Gasteiger partial charge in [0.2, 0.25) is 0 Å². The Hall–Kier alpha value is -3.42. The van der Waals surface area contributed by atoms with Crippen molar-refractivity contribution in [2.75, 3.05) is 0 Å². The number of thiophene rings is 6. The number of nitrogens with zero attached hydrogens (tertiary/aromatic N) is 2. The molecule has 0 unspecified atom stereocenters. The molecular formula is C52H52N2S8. The van der Waals surface area contributed by atoms with Crippen molar-refractivity contribution in [2.24, 2.45) is 0 Å². The zero-order chi connectivity index (χ0) is 42.7. The van der Waals surface area contributed by atoms with Gasteiger partial charge in [-0.15, -0.1) is 104 Å². The van der Waals surface area contributed by atoms with Crippen molar-refractivity contribution in [3.63, 3.8) is 0 Å². The zero-order valence-corrected chi connectivity index (χ0v) is 42.1. The SMILES string of the molecule is C#Cc1ccc(-c2ccc(-c3ccc(-c4sc(-c5nc(CCCCCCCCC)c(-c6ccc(-c7ccc(-c8ccc(C#C)s8)s7)s6)s5)nc4CCCCCCCCC)s3)s2)s1. The van der Waals surface area contributed by atoms with Gasteiger partial charge < -0.3 is 0 Å². The van der Waals surface area contributed by atoms with Crippen LogP contribution in [-0.4, -0.2) is 9.97 Å². The lowest BCUT2D eigenvalue weighted by atomic mass is 10.1. The Labute approximate surface area is 400 Å². The summed E-state index contributed by atoms with van der Waals surface area (Å²) in [4.78, 5) is 28.3. The van der Waals surface area contributed by atoms with E-state index < -0.39 is 0 Å². The summed E-state index contributed by atoms with van der Waals surface area (Å²) < 4.78 is 0. The lowest BCUT2D eigenvalue weighted by molar-refractivity contribution is 0.588. The van der Waals surface area contributed by atoms with Crippen molar-refractivity contribution in [2.45, 2.75) is 117 Å². The van der Waals surface area contributed by atoms with E-state index in [-0.39, 0.29) is 0 Å². The summed E-state index contributed by atoms with van der Waals surface area (Å²) >= 11 is 14.5. The summed E-state index contributed by atoms with van der Waals surface area (Å²) in [5.74, 6) is 5.57. The Balaban J connectivity index is 1.07. The van der Waals surface area contributed by atoms with Crippen molar-refractivity contribution in [3.8, 4) is 93.2 Å². The third kappa shape index (κ3) is 11.3. The second-order valence-electron chi connectivity index (χ2n) is 15.6. The van der Waals surface area contributed by atoms with Crippen LogP contribution in [0.1, 0.15) is 125 Å². The largest absolute Gasteiger partial charge is 0.238 e. The summed E-state index contributed by atoms with van der Waals surface area (Å²) in [6.45, 7) is 4.58. The lowest BCUT2D eigenvalue weighted by Gasteiger charge is -2.02. The van der Waals surface area contributed by atoms with E-state index in [1.54, 1.807) is 22.7 Å². The maximum atomic E-state index is 5.68. The fraction of sp³-hybridized carbons (Fsp3) is 0.346. The molecule has 0 aromatic carbocycles. The van der Waals surface area contributed by atoms with E-state index in [4.69, 9.17) is 22.8 Å². The average Bonchev–Trinajstić information content (AvgIpc) is 4.14. The highest BCUT2D eigenvalue weighted by Gasteiger charge is 2.23. The Morgan fingerprint density at radius 1 is 0.355 bits per heavy atom. The standard InChI is InChI=1S/C52H52N2S8/c1-5-9-11-13-15-17-19-21-37-49(47-33-31-45(59-47)43-29-27-41(57-43)39-25-23-35(7-3)55-39)61-51(53-37)52-54-38(22-20-18-16-14-12-10-6-2)50(62-52)48-34-32-46(60-48)44-30-28-42(58-44)40-26-24-36(8-4)56-40/h3-4,23-34H,5-6,9-22H2,1-2H3. The van der Waals surface area contributed by atoms with E-state index in [2.05, 4.69) is 86.4 Å². The molecule has 0 fully saturated rings. The highest BCUT2D eigenvalue weighted by molar-refractivity contribution is 7.31. The van der Waals surface area contributed by atoms with Gasteiger partial charge in [0.25, 0.3) is 0 Å². The number of hydrogen-bond donors (Lipinski definition) is 0. The maximum Gasteiger partial charge on any atom is 0.153 e. The van der Waals surface area contributed by atoms with Crippen LogP contribution < -0.4 is 0 Å². The molecule has 0 amide bonds. The molecule has 62 heavy (non-hydrogen) atoms. The fourth-order valence-electron chi connectivity index (χ4n) is 7.60. The molecule has 8 aromatic rings. The van der Waals surface area contributed by atoms with Gasteiger partial charge >= 0.3 is 0 Å². The second-order valence-corrected chi connectivity index (χ2v) is 24.1. The van der Waals surface area contributed by atoms with E-state index in [0.717, 1.165) is 32.6 Å². The quantitative estimate of drug-likeness (QED) is 0.0472. The second kappa shape index (κ2) is 22.5. The Kier molecular flexibility index (Phi) is 16.4. The smallest absolute Gasteiger partial charge is 0.153 e. The highest BCUT2D eigenvalue weighted by atomic mass is 32.1. The molecule has 0 aliphatic rings. The van der Waals surface area contributed by atoms with Gasteiger partial charge in [-0.1, -0.05) is 103 Å². The van der Waals surface area contributed by atoms with E-state index in [1.165, 1.54) is 160 Å². The molecular weight excluding hydrogens is 909 g/mol. The van der Waals surface area contributed by atoms with Crippen molar-refractivity contribution in [1.82, 2.24) is 9.97 Å². The average molecular weight is 962 g/mol. The predicted octanol–water partition coefficient (Wildman–Crippen LogP) is 19.2. The van der Waals surface area contributed by atoms with Gasteiger partial charge in [-0.25, -0.2) is 9.97 Å². The highest BCUT2D eigenvalue weighted by Crippen LogP contribution is 2.48. The van der Waals surface area contributed by atoms with Gasteiger partial charge in [0.1, 0.15) is 0 Å². The van der Waals surface area contributed by atoms with E-state index >= 15 is 0 Å². The first-order valence-corrected chi connectivity index (χ1v) is 28.6. The fourth-order valence-corrected chi connectivity index (χ4v) is 16.1. The Morgan fingerprint density at radius 2 is 0.645 bits per heavy atom. The zero-order valence-electron chi connectivity index (χ0n) is 35.6. The van der Waals surface area contributed by atoms with Gasteiger partial charge in [-0.3, -0.25) is 0 Å². The molecule has 2 nitrogen and oxygen atoms in total. The van der Waals surface area contributed by atoms with Gasteiger partial charge in [0.15, 0.2) is 10.0 Å². The van der Waals surface area contributed by atoms with Crippen LogP contribution in [0.25, 0.3) is 68.5 Å².